The molecule has 1 heterocycles. The number of hydrogen-bond acceptors (Lipinski definition) is 5. The zero-order valence-electron chi connectivity index (χ0n) is 15.0. The van der Waals surface area contributed by atoms with Crippen LogP contribution in [0.25, 0.3) is 0 Å². The van der Waals surface area contributed by atoms with Gasteiger partial charge in [-0.05, 0) is 25.7 Å². The summed E-state index contributed by atoms with van der Waals surface area (Å²) in [5.41, 5.74) is 1.90. The molecule has 0 spiro atoms. The van der Waals surface area contributed by atoms with Crippen molar-refractivity contribution >= 4 is 23.6 Å². The van der Waals surface area contributed by atoms with Gasteiger partial charge < -0.3 is 14.8 Å². The maximum Gasteiger partial charge on any atom is 0.336 e. The molecule has 25 heavy (non-hydrogen) atoms. The number of benzene rings is 1. The minimum absolute atomic E-state index is 0.105. The van der Waals surface area contributed by atoms with Gasteiger partial charge in [-0.3, -0.25) is 4.79 Å². The zero-order chi connectivity index (χ0) is 18.2. The van der Waals surface area contributed by atoms with Crippen LogP contribution in [-0.2, 0) is 14.3 Å². The predicted octanol–water partition coefficient (Wildman–Crippen LogP) is 3.26. The average molecular weight is 363 g/mol. The van der Waals surface area contributed by atoms with Crippen LogP contribution in [0, 0.1) is 0 Å². The van der Waals surface area contributed by atoms with Gasteiger partial charge in [0.1, 0.15) is 12.4 Å². The number of rotatable bonds is 8. The van der Waals surface area contributed by atoms with Crippen LogP contribution in [0.15, 0.2) is 35.5 Å². The first-order chi connectivity index (χ1) is 12.1. The second-order valence-corrected chi connectivity index (χ2v) is 7.04. The van der Waals surface area contributed by atoms with Crippen LogP contribution in [0.1, 0.15) is 38.7 Å². The Bertz CT molecular complexity index is 657. The Morgan fingerprint density at radius 1 is 1.32 bits per heavy atom. The van der Waals surface area contributed by atoms with E-state index in [0.29, 0.717) is 30.2 Å². The van der Waals surface area contributed by atoms with Gasteiger partial charge in [-0.2, -0.15) is 11.8 Å². The summed E-state index contributed by atoms with van der Waals surface area (Å²) in [5.74, 6) is 1.62. The number of carbonyl (C=O) groups excluding carboxylic acids is 2. The number of hydrogen-bond donors (Lipinski definition) is 1. The second-order valence-electron chi connectivity index (χ2n) is 5.65. The molecule has 0 radical (unpaired) electrons. The van der Waals surface area contributed by atoms with Crippen molar-refractivity contribution in [3.63, 3.8) is 0 Å². The summed E-state index contributed by atoms with van der Waals surface area (Å²) >= 11 is 1.72. The SMILES string of the molecule is CCOc1ccccc1C1CC(=O)NC(C)=C1C(=O)OCCSCC. The Morgan fingerprint density at radius 2 is 2.08 bits per heavy atom. The molecule has 1 N–H and O–H groups in total. The maximum absolute atomic E-state index is 12.6. The normalized spacial score (nSPS) is 17.2. The van der Waals surface area contributed by atoms with Gasteiger partial charge in [0.25, 0.3) is 0 Å². The summed E-state index contributed by atoms with van der Waals surface area (Å²) in [6, 6.07) is 7.54. The lowest BCUT2D eigenvalue weighted by Crippen LogP contribution is -2.34. The third-order valence-electron chi connectivity index (χ3n) is 3.95. The topological polar surface area (TPSA) is 64.6 Å². The van der Waals surface area contributed by atoms with Crippen molar-refractivity contribution in [1.82, 2.24) is 5.32 Å². The third-order valence-corrected chi connectivity index (χ3v) is 4.81. The first-order valence-electron chi connectivity index (χ1n) is 8.55. The molecule has 1 atom stereocenters. The number of esters is 1. The van der Waals surface area contributed by atoms with E-state index in [9.17, 15) is 9.59 Å². The van der Waals surface area contributed by atoms with E-state index in [1.54, 1.807) is 18.7 Å². The molecule has 0 saturated carbocycles. The number of amides is 1. The van der Waals surface area contributed by atoms with Crippen LogP contribution in [0.5, 0.6) is 5.75 Å². The molecule has 0 saturated heterocycles. The van der Waals surface area contributed by atoms with Gasteiger partial charge in [0.2, 0.25) is 5.91 Å². The van der Waals surface area contributed by atoms with Crippen molar-refractivity contribution in [3.05, 3.63) is 41.1 Å². The van der Waals surface area contributed by atoms with E-state index in [4.69, 9.17) is 9.47 Å². The van der Waals surface area contributed by atoms with Crippen LogP contribution in [-0.4, -0.2) is 36.6 Å². The highest BCUT2D eigenvalue weighted by atomic mass is 32.2. The quantitative estimate of drug-likeness (QED) is 0.567. The summed E-state index contributed by atoms with van der Waals surface area (Å²) in [4.78, 5) is 24.7. The number of ether oxygens (including phenoxy) is 2. The fourth-order valence-electron chi connectivity index (χ4n) is 2.91. The fourth-order valence-corrected chi connectivity index (χ4v) is 3.40. The molecule has 5 nitrogen and oxygen atoms in total. The van der Waals surface area contributed by atoms with Gasteiger partial charge in [0.05, 0.1) is 12.2 Å². The minimum atomic E-state index is -0.370. The van der Waals surface area contributed by atoms with E-state index < -0.39 is 0 Å². The Morgan fingerprint density at radius 3 is 2.80 bits per heavy atom. The third kappa shape index (κ3) is 5.01. The smallest absolute Gasteiger partial charge is 0.336 e. The lowest BCUT2D eigenvalue weighted by Gasteiger charge is -2.27. The van der Waals surface area contributed by atoms with E-state index in [1.165, 1.54) is 0 Å². The molecule has 1 aromatic rings. The molecular formula is C19H25NO4S. The molecule has 1 aliphatic heterocycles. The predicted molar refractivity (Wildman–Crippen MR) is 99.8 cm³/mol. The fraction of sp³-hybridized carbons (Fsp3) is 0.474. The summed E-state index contributed by atoms with van der Waals surface area (Å²) < 4.78 is 11.1. The molecule has 136 valence electrons. The van der Waals surface area contributed by atoms with Crippen LogP contribution >= 0.6 is 11.8 Å². The Hall–Kier alpha value is -1.95. The maximum atomic E-state index is 12.6. The van der Waals surface area contributed by atoms with E-state index in [-0.39, 0.29) is 24.2 Å². The largest absolute Gasteiger partial charge is 0.494 e. The number of nitrogens with one attached hydrogen (secondary N) is 1. The lowest BCUT2D eigenvalue weighted by atomic mass is 9.84. The average Bonchev–Trinajstić information content (AvgIpc) is 2.58. The van der Waals surface area contributed by atoms with Crippen molar-refractivity contribution < 1.29 is 19.1 Å². The second kappa shape index (κ2) is 9.51. The zero-order valence-corrected chi connectivity index (χ0v) is 15.8. The lowest BCUT2D eigenvalue weighted by molar-refractivity contribution is -0.139. The molecule has 0 fully saturated rings. The van der Waals surface area contributed by atoms with Crippen LogP contribution in [0.4, 0.5) is 0 Å². The Labute approximate surface area is 153 Å². The highest BCUT2D eigenvalue weighted by Crippen LogP contribution is 2.38. The highest BCUT2D eigenvalue weighted by molar-refractivity contribution is 7.99. The molecule has 1 aromatic carbocycles. The standard InChI is InChI=1S/C19H25NO4S/c1-4-23-16-9-7-6-8-14(16)15-12-17(21)20-13(3)18(15)19(22)24-10-11-25-5-2/h6-9,15H,4-5,10-12H2,1-3H3,(H,20,21). The number of carbonyl (C=O) groups is 2. The van der Waals surface area contributed by atoms with Gasteiger partial charge in [-0.25, -0.2) is 4.79 Å². The molecule has 1 aliphatic rings. The number of allylic oxidation sites excluding steroid dienone is 1. The van der Waals surface area contributed by atoms with Crippen molar-refractivity contribution in [2.24, 2.45) is 0 Å². The number of thioether (sulfide) groups is 1. The van der Waals surface area contributed by atoms with Gasteiger partial charge in [-0.15, -0.1) is 0 Å². The molecular weight excluding hydrogens is 338 g/mol. The summed E-state index contributed by atoms with van der Waals surface area (Å²) in [6.45, 7) is 6.60. The minimum Gasteiger partial charge on any atom is -0.494 e. The van der Waals surface area contributed by atoms with Gasteiger partial charge in [0, 0.05) is 29.4 Å². The van der Waals surface area contributed by atoms with E-state index in [1.807, 2.05) is 31.2 Å². The van der Waals surface area contributed by atoms with Crippen molar-refractivity contribution in [2.45, 2.75) is 33.1 Å². The summed E-state index contributed by atoms with van der Waals surface area (Å²) in [7, 11) is 0. The molecule has 0 aromatic heterocycles. The molecule has 0 bridgehead atoms. The van der Waals surface area contributed by atoms with Crippen molar-refractivity contribution in [3.8, 4) is 5.75 Å². The van der Waals surface area contributed by atoms with Crippen molar-refractivity contribution in [1.29, 1.82) is 0 Å². The first kappa shape index (κ1) is 19.4. The van der Waals surface area contributed by atoms with Crippen LogP contribution in [0.3, 0.4) is 0 Å². The van der Waals surface area contributed by atoms with Gasteiger partial charge in [-0.1, -0.05) is 25.1 Å². The monoisotopic (exact) mass is 363 g/mol. The molecule has 0 aliphatic carbocycles. The van der Waals surface area contributed by atoms with E-state index in [2.05, 4.69) is 12.2 Å². The van der Waals surface area contributed by atoms with Crippen molar-refractivity contribution in [2.75, 3.05) is 24.7 Å². The molecule has 1 unspecified atom stereocenters. The van der Waals surface area contributed by atoms with Crippen LogP contribution < -0.4 is 10.1 Å². The Balaban J connectivity index is 2.29. The number of para-hydroxylation sites is 1. The summed E-state index contributed by atoms with van der Waals surface area (Å²) in [6.07, 6.45) is 0.204. The van der Waals surface area contributed by atoms with Gasteiger partial charge in [0.15, 0.2) is 0 Å². The Kier molecular flexibility index (Phi) is 7.37. The molecule has 6 heteroatoms. The highest BCUT2D eigenvalue weighted by Gasteiger charge is 2.34. The van der Waals surface area contributed by atoms with Gasteiger partial charge >= 0.3 is 5.97 Å². The van der Waals surface area contributed by atoms with E-state index in [0.717, 1.165) is 17.1 Å². The van der Waals surface area contributed by atoms with E-state index >= 15 is 0 Å². The van der Waals surface area contributed by atoms with Crippen LogP contribution in [0.2, 0.25) is 0 Å². The molecule has 2 rings (SSSR count). The first-order valence-corrected chi connectivity index (χ1v) is 9.71. The molecule has 1 amide bonds. The summed E-state index contributed by atoms with van der Waals surface area (Å²) in [5, 5.41) is 2.76.